The molecule has 0 radical (unpaired) electrons. The van der Waals surface area contributed by atoms with Crippen LogP contribution in [0, 0.1) is 0 Å². The molecule has 0 aliphatic carbocycles. The molecule has 4 heteroatoms. The minimum Gasteiger partial charge on any atom is -0.366 e. The van der Waals surface area contributed by atoms with Gasteiger partial charge in [-0.25, -0.2) is 9.37 Å². The fourth-order valence-electron chi connectivity index (χ4n) is 3.48. The van der Waals surface area contributed by atoms with Crippen molar-refractivity contribution in [3.63, 3.8) is 0 Å². The minimum absolute atomic E-state index is 0.0264. The van der Waals surface area contributed by atoms with Gasteiger partial charge in [0.15, 0.2) is 0 Å². The second-order valence-electron chi connectivity index (χ2n) is 6.05. The highest BCUT2D eigenvalue weighted by atomic mass is 19.1. The normalized spacial score (nSPS) is 18.6. The van der Waals surface area contributed by atoms with E-state index in [0.717, 1.165) is 48.2 Å². The van der Waals surface area contributed by atoms with Crippen LogP contribution in [0.2, 0.25) is 0 Å². The van der Waals surface area contributed by atoms with Crippen molar-refractivity contribution in [2.45, 2.75) is 32.2 Å². The number of benzene rings is 1. The Hall–Kier alpha value is -2.10. The Morgan fingerprint density at radius 3 is 3.00 bits per heavy atom. The predicted octanol–water partition coefficient (Wildman–Crippen LogP) is 3.99. The zero-order chi connectivity index (χ0) is 15.1. The third-order valence-corrected chi connectivity index (χ3v) is 4.75. The molecular formula is C18H20FN3. The molecule has 114 valence electrons. The molecule has 0 spiro atoms. The summed E-state index contributed by atoms with van der Waals surface area (Å²) < 4.78 is 15.3. The fraction of sp³-hybridized carbons (Fsp3) is 0.389. The van der Waals surface area contributed by atoms with Crippen LogP contribution >= 0.6 is 0 Å². The summed E-state index contributed by atoms with van der Waals surface area (Å²) in [5.74, 6) is 0. The van der Waals surface area contributed by atoms with E-state index in [9.17, 15) is 4.39 Å². The van der Waals surface area contributed by atoms with E-state index in [2.05, 4.69) is 52.8 Å². The van der Waals surface area contributed by atoms with Gasteiger partial charge in [-0.1, -0.05) is 13.0 Å². The van der Waals surface area contributed by atoms with Crippen LogP contribution < -0.4 is 4.90 Å². The Labute approximate surface area is 129 Å². The van der Waals surface area contributed by atoms with E-state index in [1.165, 1.54) is 5.56 Å². The molecule has 22 heavy (non-hydrogen) atoms. The third-order valence-electron chi connectivity index (χ3n) is 4.75. The van der Waals surface area contributed by atoms with E-state index in [1.807, 2.05) is 0 Å². The summed E-state index contributed by atoms with van der Waals surface area (Å²) in [7, 11) is 0. The number of imidazole rings is 1. The number of rotatable bonds is 3. The first kappa shape index (κ1) is 13.6. The van der Waals surface area contributed by atoms with Gasteiger partial charge in [-0.15, -0.1) is 0 Å². The van der Waals surface area contributed by atoms with Crippen LogP contribution in [-0.2, 0) is 6.42 Å². The lowest BCUT2D eigenvalue weighted by molar-refractivity contribution is 0.428. The van der Waals surface area contributed by atoms with Crippen LogP contribution in [0.1, 0.15) is 25.3 Å². The SMILES string of the molecule is CCc1ccc2nc3cc(N4CCC[C@H]4CF)ccn3c2c1. The van der Waals surface area contributed by atoms with Gasteiger partial charge in [-0.2, -0.15) is 0 Å². The smallest absolute Gasteiger partial charge is 0.139 e. The number of aromatic nitrogens is 2. The van der Waals surface area contributed by atoms with Crippen molar-refractivity contribution in [1.82, 2.24) is 9.38 Å². The van der Waals surface area contributed by atoms with Gasteiger partial charge >= 0.3 is 0 Å². The molecular weight excluding hydrogens is 277 g/mol. The predicted molar refractivity (Wildman–Crippen MR) is 88.4 cm³/mol. The molecule has 1 fully saturated rings. The summed E-state index contributed by atoms with van der Waals surface area (Å²) in [6.07, 6.45) is 5.09. The first-order valence-corrected chi connectivity index (χ1v) is 8.03. The topological polar surface area (TPSA) is 20.5 Å². The number of nitrogens with zero attached hydrogens (tertiary/aromatic N) is 3. The summed E-state index contributed by atoms with van der Waals surface area (Å²) in [4.78, 5) is 6.89. The number of halogens is 1. The van der Waals surface area contributed by atoms with Crippen molar-refractivity contribution in [2.24, 2.45) is 0 Å². The zero-order valence-electron chi connectivity index (χ0n) is 12.8. The van der Waals surface area contributed by atoms with Gasteiger partial charge in [0.2, 0.25) is 0 Å². The lowest BCUT2D eigenvalue weighted by Crippen LogP contribution is -2.30. The van der Waals surface area contributed by atoms with Crippen LogP contribution in [0.15, 0.2) is 36.5 Å². The highest BCUT2D eigenvalue weighted by Crippen LogP contribution is 2.28. The summed E-state index contributed by atoms with van der Waals surface area (Å²) in [6, 6.07) is 10.6. The second-order valence-corrected chi connectivity index (χ2v) is 6.05. The number of hydrogen-bond acceptors (Lipinski definition) is 2. The van der Waals surface area contributed by atoms with Crippen molar-refractivity contribution in [3.8, 4) is 0 Å². The van der Waals surface area contributed by atoms with E-state index in [-0.39, 0.29) is 12.7 Å². The van der Waals surface area contributed by atoms with Crippen molar-refractivity contribution in [3.05, 3.63) is 42.1 Å². The van der Waals surface area contributed by atoms with E-state index in [4.69, 9.17) is 4.98 Å². The summed E-state index contributed by atoms with van der Waals surface area (Å²) >= 11 is 0. The standard InChI is InChI=1S/C18H20FN3/c1-2-13-5-6-16-17(10-13)22-9-7-14(11-18(22)20-16)21-8-3-4-15(21)12-19/h5-7,9-11,15H,2-4,8,12H2,1H3/t15-/m0/s1. The van der Waals surface area contributed by atoms with Gasteiger partial charge in [0.1, 0.15) is 12.3 Å². The number of anilines is 1. The molecule has 0 saturated carbocycles. The van der Waals surface area contributed by atoms with E-state index < -0.39 is 0 Å². The molecule has 3 heterocycles. The average Bonchev–Trinajstić information content (AvgIpc) is 3.17. The Morgan fingerprint density at radius 2 is 2.18 bits per heavy atom. The molecule has 2 aromatic heterocycles. The number of pyridine rings is 1. The molecule has 0 amide bonds. The van der Waals surface area contributed by atoms with E-state index >= 15 is 0 Å². The van der Waals surface area contributed by atoms with Gasteiger partial charge in [0.05, 0.1) is 17.1 Å². The first-order valence-electron chi connectivity index (χ1n) is 8.03. The largest absolute Gasteiger partial charge is 0.366 e. The van der Waals surface area contributed by atoms with Gasteiger partial charge in [0.25, 0.3) is 0 Å². The van der Waals surface area contributed by atoms with Crippen LogP contribution in [0.4, 0.5) is 10.1 Å². The van der Waals surface area contributed by atoms with Crippen LogP contribution in [0.5, 0.6) is 0 Å². The lowest BCUT2D eigenvalue weighted by atomic mass is 10.1. The number of aryl methyl sites for hydroxylation is 1. The molecule has 3 nitrogen and oxygen atoms in total. The maximum atomic E-state index is 13.1. The first-order chi connectivity index (χ1) is 10.8. The minimum atomic E-state index is -0.276. The highest BCUT2D eigenvalue weighted by Gasteiger charge is 2.24. The van der Waals surface area contributed by atoms with Gasteiger partial charge in [-0.05, 0) is 43.0 Å². The Kier molecular flexibility index (Phi) is 3.25. The van der Waals surface area contributed by atoms with Gasteiger partial charge in [0, 0.05) is 24.5 Å². The van der Waals surface area contributed by atoms with Crippen LogP contribution in [0.25, 0.3) is 16.7 Å². The Balaban J connectivity index is 1.82. The number of hydrogen-bond donors (Lipinski definition) is 0. The molecule has 4 rings (SSSR count). The molecule has 0 N–H and O–H groups in total. The maximum absolute atomic E-state index is 13.1. The molecule has 1 aliphatic rings. The molecule has 1 atom stereocenters. The van der Waals surface area contributed by atoms with Crippen molar-refractivity contribution in [1.29, 1.82) is 0 Å². The lowest BCUT2D eigenvalue weighted by Gasteiger charge is -2.24. The van der Waals surface area contributed by atoms with Crippen LogP contribution in [-0.4, -0.2) is 28.6 Å². The van der Waals surface area contributed by atoms with Crippen molar-refractivity contribution in [2.75, 3.05) is 18.1 Å². The summed E-state index contributed by atoms with van der Waals surface area (Å²) in [6.45, 7) is 2.82. The maximum Gasteiger partial charge on any atom is 0.139 e. The number of fused-ring (bicyclic) bond motifs is 3. The zero-order valence-corrected chi connectivity index (χ0v) is 12.8. The third kappa shape index (κ3) is 2.05. The molecule has 1 aromatic carbocycles. The van der Waals surface area contributed by atoms with Crippen molar-refractivity contribution >= 4 is 22.4 Å². The Bertz CT molecular complexity index is 824. The summed E-state index contributed by atoms with van der Waals surface area (Å²) in [5.41, 5.74) is 5.49. The second kappa shape index (κ2) is 5.27. The van der Waals surface area contributed by atoms with Gasteiger partial charge < -0.3 is 4.90 Å². The van der Waals surface area contributed by atoms with E-state index in [1.54, 1.807) is 0 Å². The summed E-state index contributed by atoms with van der Waals surface area (Å²) in [5, 5.41) is 0. The molecule has 0 unspecified atom stereocenters. The quantitative estimate of drug-likeness (QED) is 0.728. The fourth-order valence-corrected chi connectivity index (χ4v) is 3.48. The van der Waals surface area contributed by atoms with Gasteiger partial charge in [-0.3, -0.25) is 4.40 Å². The number of alkyl halides is 1. The molecule has 3 aromatic rings. The monoisotopic (exact) mass is 297 g/mol. The molecule has 0 bridgehead atoms. The van der Waals surface area contributed by atoms with Crippen molar-refractivity contribution < 1.29 is 4.39 Å². The molecule has 1 aliphatic heterocycles. The Morgan fingerprint density at radius 1 is 1.27 bits per heavy atom. The molecule has 1 saturated heterocycles. The average molecular weight is 297 g/mol. The van der Waals surface area contributed by atoms with Crippen LogP contribution in [0.3, 0.4) is 0 Å². The van der Waals surface area contributed by atoms with E-state index in [0.29, 0.717) is 0 Å². The highest BCUT2D eigenvalue weighted by molar-refractivity contribution is 5.82.